The molecule has 9 heteroatoms. The van der Waals surface area contributed by atoms with Crippen LogP contribution in [0.1, 0.15) is 58.2 Å². The van der Waals surface area contributed by atoms with Gasteiger partial charge in [-0.1, -0.05) is 24.3 Å². The third kappa shape index (κ3) is 9.63. The van der Waals surface area contributed by atoms with Crippen LogP contribution in [0.2, 0.25) is 0 Å². The summed E-state index contributed by atoms with van der Waals surface area (Å²) in [6.45, 7) is 10.4. The molecule has 8 nitrogen and oxygen atoms in total. The van der Waals surface area contributed by atoms with E-state index >= 15 is 0 Å². The SMILES string of the molecule is CSCCC(NC(=O)OC(C)(C)C)C(=O)N(CCO)C(C(=O)NC(C)C)c1ccccc1C. The Hall–Kier alpha value is -2.26. The average molecular weight is 482 g/mol. The number of thioether (sulfide) groups is 1. The molecule has 0 heterocycles. The van der Waals surface area contributed by atoms with Crippen molar-refractivity contribution in [2.75, 3.05) is 25.2 Å². The first-order valence-corrected chi connectivity index (χ1v) is 12.6. The van der Waals surface area contributed by atoms with Crippen LogP contribution in [-0.2, 0) is 14.3 Å². The third-order valence-corrected chi connectivity index (χ3v) is 5.34. The van der Waals surface area contributed by atoms with Crippen molar-refractivity contribution in [1.29, 1.82) is 0 Å². The molecule has 3 N–H and O–H groups in total. The molecule has 0 bridgehead atoms. The Bertz CT molecular complexity index is 795. The molecule has 0 aliphatic heterocycles. The number of benzene rings is 1. The highest BCUT2D eigenvalue weighted by Gasteiger charge is 2.36. The van der Waals surface area contributed by atoms with Gasteiger partial charge in [0.25, 0.3) is 0 Å². The number of nitrogens with one attached hydrogen (secondary N) is 2. The van der Waals surface area contributed by atoms with Crippen molar-refractivity contribution in [2.45, 2.75) is 71.7 Å². The molecule has 0 aliphatic carbocycles. The lowest BCUT2D eigenvalue weighted by Gasteiger charge is -2.35. The van der Waals surface area contributed by atoms with Crippen molar-refractivity contribution >= 4 is 29.7 Å². The van der Waals surface area contributed by atoms with Crippen LogP contribution < -0.4 is 10.6 Å². The van der Waals surface area contributed by atoms with Gasteiger partial charge in [0.1, 0.15) is 17.7 Å². The summed E-state index contributed by atoms with van der Waals surface area (Å²) < 4.78 is 5.35. The van der Waals surface area contributed by atoms with Crippen molar-refractivity contribution in [3.63, 3.8) is 0 Å². The van der Waals surface area contributed by atoms with Crippen molar-refractivity contribution in [3.05, 3.63) is 35.4 Å². The van der Waals surface area contributed by atoms with Gasteiger partial charge in [-0.2, -0.15) is 11.8 Å². The fourth-order valence-corrected chi connectivity index (χ4v) is 3.80. The molecule has 2 atom stereocenters. The summed E-state index contributed by atoms with van der Waals surface area (Å²) in [6.07, 6.45) is 1.56. The van der Waals surface area contributed by atoms with Gasteiger partial charge in [0.15, 0.2) is 0 Å². The lowest BCUT2D eigenvalue weighted by molar-refractivity contribution is -0.143. The molecule has 33 heavy (non-hydrogen) atoms. The van der Waals surface area contributed by atoms with E-state index in [0.717, 1.165) is 5.56 Å². The van der Waals surface area contributed by atoms with Crippen molar-refractivity contribution in [3.8, 4) is 0 Å². The summed E-state index contributed by atoms with van der Waals surface area (Å²) >= 11 is 1.54. The van der Waals surface area contributed by atoms with Crippen molar-refractivity contribution in [1.82, 2.24) is 15.5 Å². The molecule has 3 amide bonds. The fraction of sp³-hybridized carbons (Fsp3) is 0.625. The first-order valence-electron chi connectivity index (χ1n) is 11.2. The Morgan fingerprint density at radius 2 is 1.79 bits per heavy atom. The average Bonchev–Trinajstić information content (AvgIpc) is 2.69. The summed E-state index contributed by atoms with van der Waals surface area (Å²) in [5.74, 6) is -0.176. The molecule has 2 unspecified atom stereocenters. The number of hydrogen-bond donors (Lipinski definition) is 3. The van der Waals surface area contributed by atoms with E-state index in [0.29, 0.717) is 17.7 Å². The van der Waals surface area contributed by atoms with Crippen LogP contribution in [0.25, 0.3) is 0 Å². The Kier molecular flexibility index (Phi) is 11.7. The van der Waals surface area contributed by atoms with E-state index < -0.39 is 29.7 Å². The summed E-state index contributed by atoms with van der Waals surface area (Å²) in [5.41, 5.74) is 0.791. The number of nitrogens with zero attached hydrogens (tertiary/aromatic N) is 1. The molecule has 0 aliphatic rings. The normalized spacial score (nSPS) is 13.2. The number of carbonyl (C=O) groups is 3. The number of aliphatic hydroxyl groups excluding tert-OH is 1. The number of rotatable bonds is 11. The second kappa shape index (κ2) is 13.4. The van der Waals surface area contributed by atoms with Gasteiger partial charge in [-0.3, -0.25) is 9.59 Å². The van der Waals surface area contributed by atoms with E-state index in [-0.39, 0.29) is 25.1 Å². The molecule has 1 aromatic carbocycles. The van der Waals surface area contributed by atoms with Crippen molar-refractivity contribution < 1.29 is 24.2 Å². The molecule has 1 aromatic rings. The molecule has 0 saturated heterocycles. The Labute approximate surface area is 201 Å². The number of amides is 3. The van der Waals surface area contributed by atoms with Crippen LogP contribution in [0, 0.1) is 6.92 Å². The zero-order chi connectivity index (χ0) is 25.2. The third-order valence-electron chi connectivity index (χ3n) is 4.70. The Balaban J connectivity index is 3.39. The predicted octanol–water partition coefficient (Wildman–Crippen LogP) is 3.03. The fourth-order valence-electron chi connectivity index (χ4n) is 3.33. The topological polar surface area (TPSA) is 108 Å². The van der Waals surface area contributed by atoms with Gasteiger partial charge in [0.2, 0.25) is 11.8 Å². The number of carbonyl (C=O) groups excluding carboxylic acids is 3. The monoisotopic (exact) mass is 481 g/mol. The lowest BCUT2D eigenvalue weighted by atomic mass is 9.97. The maximum Gasteiger partial charge on any atom is 0.408 e. The van der Waals surface area contributed by atoms with Gasteiger partial charge in [0, 0.05) is 12.6 Å². The molecule has 1 rings (SSSR count). The largest absolute Gasteiger partial charge is 0.444 e. The van der Waals surface area contributed by atoms with Crippen LogP contribution in [0.15, 0.2) is 24.3 Å². The van der Waals surface area contributed by atoms with Crippen LogP contribution in [-0.4, -0.2) is 70.8 Å². The lowest BCUT2D eigenvalue weighted by Crippen LogP contribution is -2.54. The minimum Gasteiger partial charge on any atom is -0.444 e. The van der Waals surface area contributed by atoms with Gasteiger partial charge in [0.05, 0.1) is 6.61 Å². The second-order valence-corrected chi connectivity index (χ2v) is 10.1. The summed E-state index contributed by atoms with van der Waals surface area (Å²) in [4.78, 5) is 40.8. The summed E-state index contributed by atoms with van der Waals surface area (Å²) in [5, 5.41) is 15.3. The van der Waals surface area contributed by atoms with Crippen molar-refractivity contribution in [2.24, 2.45) is 0 Å². The Morgan fingerprint density at radius 1 is 1.15 bits per heavy atom. The molecule has 0 aromatic heterocycles. The van der Waals surface area contributed by atoms with Gasteiger partial charge in [-0.15, -0.1) is 0 Å². The maximum atomic E-state index is 13.7. The number of aryl methyl sites for hydroxylation is 1. The van der Waals surface area contributed by atoms with E-state index in [1.165, 1.54) is 4.90 Å². The quantitative estimate of drug-likeness (QED) is 0.448. The van der Waals surface area contributed by atoms with Crippen LogP contribution in [0.4, 0.5) is 4.79 Å². The highest BCUT2D eigenvalue weighted by molar-refractivity contribution is 7.98. The zero-order valence-corrected chi connectivity index (χ0v) is 21.6. The van der Waals surface area contributed by atoms with E-state index in [4.69, 9.17) is 4.74 Å². The molecule has 0 spiro atoms. The van der Waals surface area contributed by atoms with Gasteiger partial charge in [-0.05, 0) is 71.1 Å². The summed E-state index contributed by atoms with van der Waals surface area (Å²) in [6, 6.07) is 5.35. The highest BCUT2D eigenvalue weighted by Crippen LogP contribution is 2.26. The maximum absolute atomic E-state index is 13.7. The molecular formula is C24H39N3O5S. The number of hydrogen-bond acceptors (Lipinski definition) is 6. The first kappa shape index (κ1) is 28.8. The minimum absolute atomic E-state index is 0.0604. The minimum atomic E-state index is -0.953. The number of alkyl carbamates (subject to hydrolysis) is 1. The van der Waals surface area contributed by atoms with Gasteiger partial charge < -0.3 is 25.4 Å². The van der Waals surface area contributed by atoms with E-state index in [1.54, 1.807) is 38.6 Å². The predicted molar refractivity (Wildman–Crippen MR) is 132 cm³/mol. The van der Waals surface area contributed by atoms with Gasteiger partial charge >= 0.3 is 6.09 Å². The smallest absolute Gasteiger partial charge is 0.408 e. The molecule has 0 radical (unpaired) electrons. The zero-order valence-electron chi connectivity index (χ0n) is 20.8. The molecular weight excluding hydrogens is 442 g/mol. The van der Waals surface area contributed by atoms with Crippen LogP contribution in [0.3, 0.4) is 0 Å². The molecule has 0 fully saturated rings. The van der Waals surface area contributed by atoms with Crippen LogP contribution >= 0.6 is 11.8 Å². The second-order valence-electron chi connectivity index (χ2n) is 9.16. The van der Waals surface area contributed by atoms with E-state index in [1.807, 2.05) is 45.2 Å². The molecule has 0 saturated carbocycles. The van der Waals surface area contributed by atoms with Crippen LogP contribution in [0.5, 0.6) is 0 Å². The number of aliphatic hydroxyl groups is 1. The highest BCUT2D eigenvalue weighted by atomic mass is 32.2. The standard InChI is InChI=1S/C24H39N3O5S/c1-16(2)25-21(29)20(18-11-9-8-10-17(18)3)27(13-14-28)22(30)19(12-15-33-7)26-23(31)32-24(4,5)6/h8-11,16,19-20,28H,12-15H2,1-7H3,(H,25,29)(H,26,31). The van der Waals surface area contributed by atoms with E-state index in [2.05, 4.69) is 10.6 Å². The first-order chi connectivity index (χ1) is 15.4. The van der Waals surface area contributed by atoms with Gasteiger partial charge in [-0.25, -0.2) is 4.79 Å². The molecule has 186 valence electrons. The van der Waals surface area contributed by atoms with E-state index in [9.17, 15) is 19.5 Å². The Morgan fingerprint density at radius 3 is 2.30 bits per heavy atom. The summed E-state index contributed by atoms with van der Waals surface area (Å²) in [7, 11) is 0. The number of ether oxygens (including phenoxy) is 1.